The standard InChI is InChI=1S/C9H18N2O2/c1-3-4-5-6-11-9(12)8(10)7-13-2/h3-4,8H,5-7,10H2,1-2H3,(H,11,12)/b4-3+. The number of nitrogens with two attached hydrogens (primary N) is 1. The number of rotatable bonds is 6. The van der Waals surface area contributed by atoms with Crippen molar-refractivity contribution >= 4 is 5.91 Å². The monoisotopic (exact) mass is 186 g/mol. The third-order valence-electron chi connectivity index (χ3n) is 1.53. The van der Waals surface area contributed by atoms with Crippen molar-refractivity contribution in [2.75, 3.05) is 20.3 Å². The van der Waals surface area contributed by atoms with Crippen molar-refractivity contribution in [2.24, 2.45) is 5.73 Å². The minimum Gasteiger partial charge on any atom is -0.383 e. The highest BCUT2D eigenvalue weighted by Crippen LogP contribution is 1.83. The molecule has 0 heterocycles. The molecule has 1 amide bonds. The van der Waals surface area contributed by atoms with E-state index in [9.17, 15) is 4.79 Å². The third kappa shape index (κ3) is 6.31. The summed E-state index contributed by atoms with van der Waals surface area (Å²) in [5.74, 6) is -0.161. The van der Waals surface area contributed by atoms with Gasteiger partial charge in [0.05, 0.1) is 6.61 Å². The second-order valence-electron chi connectivity index (χ2n) is 2.71. The van der Waals surface area contributed by atoms with Gasteiger partial charge in [0, 0.05) is 13.7 Å². The topological polar surface area (TPSA) is 64.4 Å². The fraction of sp³-hybridized carbons (Fsp3) is 0.667. The second-order valence-corrected chi connectivity index (χ2v) is 2.71. The molecule has 0 saturated heterocycles. The molecule has 3 N–H and O–H groups in total. The van der Waals surface area contributed by atoms with Crippen molar-refractivity contribution in [3.05, 3.63) is 12.2 Å². The molecule has 0 aromatic heterocycles. The smallest absolute Gasteiger partial charge is 0.239 e. The SMILES string of the molecule is C/C=C/CCNC(=O)C(N)COC. The zero-order chi connectivity index (χ0) is 10.1. The van der Waals surface area contributed by atoms with Gasteiger partial charge in [0.25, 0.3) is 0 Å². The number of hydrogen-bond acceptors (Lipinski definition) is 3. The Balaban J connectivity index is 3.49. The zero-order valence-corrected chi connectivity index (χ0v) is 8.25. The predicted octanol–water partition coefficient (Wildman–Crippen LogP) is 0.0425. The summed E-state index contributed by atoms with van der Waals surface area (Å²) in [6.45, 7) is 2.83. The molecule has 0 aromatic carbocycles. The second kappa shape index (κ2) is 7.76. The van der Waals surface area contributed by atoms with E-state index in [1.54, 1.807) is 0 Å². The Labute approximate surface area is 79.1 Å². The van der Waals surface area contributed by atoms with E-state index < -0.39 is 6.04 Å². The molecule has 1 unspecified atom stereocenters. The van der Waals surface area contributed by atoms with Gasteiger partial charge in [-0.1, -0.05) is 12.2 Å². The van der Waals surface area contributed by atoms with E-state index in [0.717, 1.165) is 6.42 Å². The average molecular weight is 186 g/mol. The lowest BCUT2D eigenvalue weighted by molar-refractivity contribution is -0.123. The first-order valence-corrected chi connectivity index (χ1v) is 4.35. The number of methoxy groups -OCH3 is 1. The van der Waals surface area contributed by atoms with Gasteiger partial charge in [-0.2, -0.15) is 0 Å². The zero-order valence-electron chi connectivity index (χ0n) is 8.25. The molecule has 76 valence electrons. The van der Waals surface area contributed by atoms with Gasteiger partial charge in [0.15, 0.2) is 0 Å². The largest absolute Gasteiger partial charge is 0.383 e. The van der Waals surface area contributed by atoms with Gasteiger partial charge in [-0.05, 0) is 13.3 Å². The Morgan fingerprint density at radius 2 is 2.38 bits per heavy atom. The highest BCUT2D eigenvalue weighted by Gasteiger charge is 2.10. The van der Waals surface area contributed by atoms with Crippen molar-refractivity contribution in [1.82, 2.24) is 5.32 Å². The molecular formula is C9H18N2O2. The van der Waals surface area contributed by atoms with E-state index in [1.165, 1.54) is 7.11 Å². The van der Waals surface area contributed by atoms with Crippen LogP contribution in [0.25, 0.3) is 0 Å². The van der Waals surface area contributed by atoms with Crippen LogP contribution in [0.2, 0.25) is 0 Å². The molecule has 0 bridgehead atoms. The highest BCUT2D eigenvalue weighted by atomic mass is 16.5. The van der Waals surface area contributed by atoms with Crippen molar-refractivity contribution in [2.45, 2.75) is 19.4 Å². The summed E-state index contributed by atoms with van der Waals surface area (Å²) in [6.07, 6.45) is 4.77. The molecule has 0 aromatic rings. The van der Waals surface area contributed by atoms with Gasteiger partial charge in [-0.3, -0.25) is 4.79 Å². The summed E-state index contributed by atoms with van der Waals surface area (Å²) in [4.78, 5) is 11.2. The molecular weight excluding hydrogens is 168 g/mol. The maximum absolute atomic E-state index is 11.2. The highest BCUT2D eigenvalue weighted by molar-refractivity contribution is 5.81. The fourth-order valence-electron chi connectivity index (χ4n) is 0.832. The van der Waals surface area contributed by atoms with E-state index in [1.807, 2.05) is 19.1 Å². The fourth-order valence-corrected chi connectivity index (χ4v) is 0.832. The van der Waals surface area contributed by atoms with Crippen LogP contribution in [0.15, 0.2) is 12.2 Å². The maximum atomic E-state index is 11.2. The van der Waals surface area contributed by atoms with Crippen LogP contribution in [0, 0.1) is 0 Å². The normalized spacial score (nSPS) is 13.2. The first kappa shape index (κ1) is 12.1. The van der Waals surface area contributed by atoms with E-state index in [0.29, 0.717) is 6.54 Å². The molecule has 0 saturated carbocycles. The molecule has 0 aliphatic rings. The van der Waals surface area contributed by atoms with Gasteiger partial charge in [0.2, 0.25) is 5.91 Å². The van der Waals surface area contributed by atoms with Crippen LogP contribution < -0.4 is 11.1 Å². The summed E-state index contributed by atoms with van der Waals surface area (Å²) in [6, 6.07) is -0.560. The summed E-state index contributed by atoms with van der Waals surface area (Å²) in [7, 11) is 1.52. The first-order valence-electron chi connectivity index (χ1n) is 4.35. The van der Waals surface area contributed by atoms with Crippen LogP contribution in [0.4, 0.5) is 0 Å². The van der Waals surface area contributed by atoms with Crippen LogP contribution in [-0.2, 0) is 9.53 Å². The summed E-state index contributed by atoms with van der Waals surface area (Å²) in [5.41, 5.74) is 5.49. The minimum atomic E-state index is -0.560. The van der Waals surface area contributed by atoms with Crippen molar-refractivity contribution in [3.8, 4) is 0 Å². The number of carbonyl (C=O) groups excluding carboxylic acids is 1. The van der Waals surface area contributed by atoms with Crippen LogP contribution >= 0.6 is 0 Å². The van der Waals surface area contributed by atoms with Gasteiger partial charge in [-0.15, -0.1) is 0 Å². The number of allylic oxidation sites excluding steroid dienone is 1. The molecule has 0 fully saturated rings. The lowest BCUT2D eigenvalue weighted by Crippen LogP contribution is -2.43. The number of nitrogens with one attached hydrogen (secondary N) is 1. The van der Waals surface area contributed by atoms with Gasteiger partial charge in [-0.25, -0.2) is 0 Å². The average Bonchev–Trinajstić information content (AvgIpc) is 2.12. The first-order chi connectivity index (χ1) is 6.22. The van der Waals surface area contributed by atoms with Gasteiger partial charge >= 0.3 is 0 Å². The van der Waals surface area contributed by atoms with Crippen molar-refractivity contribution < 1.29 is 9.53 Å². The Bertz CT molecular complexity index is 169. The summed E-state index contributed by atoms with van der Waals surface area (Å²) < 4.78 is 4.75. The quantitative estimate of drug-likeness (QED) is 0.455. The van der Waals surface area contributed by atoms with E-state index in [2.05, 4.69) is 5.32 Å². The Kier molecular flexibility index (Phi) is 7.24. The van der Waals surface area contributed by atoms with Crippen molar-refractivity contribution in [3.63, 3.8) is 0 Å². The molecule has 0 spiro atoms. The van der Waals surface area contributed by atoms with Crippen LogP contribution in [0.1, 0.15) is 13.3 Å². The minimum absolute atomic E-state index is 0.161. The molecule has 0 aliphatic carbocycles. The van der Waals surface area contributed by atoms with Gasteiger partial charge < -0.3 is 15.8 Å². The number of carbonyl (C=O) groups is 1. The lowest BCUT2D eigenvalue weighted by Gasteiger charge is -2.09. The number of amides is 1. The van der Waals surface area contributed by atoms with Crippen LogP contribution in [0.3, 0.4) is 0 Å². The predicted molar refractivity (Wildman–Crippen MR) is 52.3 cm³/mol. The van der Waals surface area contributed by atoms with E-state index >= 15 is 0 Å². The molecule has 0 rings (SSSR count). The maximum Gasteiger partial charge on any atom is 0.239 e. The Hall–Kier alpha value is -0.870. The lowest BCUT2D eigenvalue weighted by atomic mass is 10.3. The summed E-state index contributed by atoms with van der Waals surface area (Å²) >= 11 is 0. The number of hydrogen-bond donors (Lipinski definition) is 2. The van der Waals surface area contributed by atoms with Crippen LogP contribution in [-0.4, -0.2) is 32.2 Å². The van der Waals surface area contributed by atoms with E-state index in [-0.39, 0.29) is 12.5 Å². The van der Waals surface area contributed by atoms with Gasteiger partial charge in [0.1, 0.15) is 6.04 Å². The molecule has 4 nitrogen and oxygen atoms in total. The summed E-state index contributed by atoms with van der Waals surface area (Å²) in [5, 5.41) is 2.71. The Morgan fingerprint density at radius 3 is 2.92 bits per heavy atom. The van der Waals surface area contributed by atoms with E-state index in [4.69, 9.17) is 10.5 Å². The molecule has 0 radical (unpaired) electrons. The molecule has 13 heavy (non-hydrogen) atoms. The van der Waals surface area contributed by atoms with Crippen molar-refractivity contribution in [1.29, 1.82) is 0 Å². The third-order valence-corrected chi connectivity index (χ3v) is 1.53. The van der Waals surface area contributed by atoms with Crippen LogP contribution in [0.5, 0.6) is 0 Å². The molecule has 4 heteroatoms. The molecule has 1 atom stereocenters. The number of ether oxygens (including phenoxy) is 1. The molecule has 0 aliphatic heterocycles. The Morgan fingerprint density at radius 1 is 1.69 bits per heavy atom.